The van der Waals surface area contributed by atoms with Crippen molar-refractivity contribution in [3.8, 4) is 0 Å². The van der Waals surface area contributed by atoms with Crippen LogP contribution in [-0.4, -0.2) is 38.7 Å². The van der Waals surface area contributed by atoms with Crippen molar-refractivity contribution in [2.45, 2.75) is 12.5 Å². The number of halogens is 3. The molecule has 0 aliphatic heterocycles. The summed E-state index contributed by atoms with van der Waals surface area (Å²) >= 11 is 1.29. The number of carboxylic acids is 2. The van der Waals surface area contributed by atoms with Crippen molar-refractivity contribution in [2.75, 3.05) is 12.0 Å². The Labute approximate surface area is 142 Å². The number of aliphatic carboxylic acids is 1. The number of aromatic carboxylic acids is 1. The second-order valence-electron chi connectivity index (χ2n) is 5.10. The normalized spacial score (nSPS) is 12.3. The highest BCUT2D eigenvalue weighted by Gasteiger charge is 2.27. The van der Waals surface area contributed by atoms with Gasteiger partial charge < -0.3 is 14.8 Å². The van der Waals surface area contributed by atoms with Gasteiger partial charge in [-0.3, -0.25) is 4.79 Å². The molecule has 0 saturated heterocycles. The molecule has 0 fully saturated rings. The van der Waals surface area contributed by atoms with Crippen LogP contribution < -0.4 is 5.43 Å². The average Bonchev–Trinajstić information content (AvgIpc) is 2.54. The number of rotatable bonds is 6. The van der Waals surface area contributed by atoms with E-state index < -0.39 is 57.3 Å². The molecule has 0 bridgehead atoms. The molecule has 1 heterocycles. The van der Waals surface area contributed by atoms with Gasteiger partial charge in [-0.25, -0.2) is 22.8 Å². The van der Waals surface area contributed by atoms with Crippen molar-refractivity contribution in [1.29, 1.82) is 0 Å². The van der Waals surface area contributed by atoms with Crippen LogP contribution in [0.2, 0.25) is 0 Å². The van der Waals surface area contributed by atoms with Gasteiger partial charge in [-0.1, -0.05) is 0 Å². The van der Waals surface area contributed by atoms with Gasteiger partial charge in [0.1, 0.15) is 11.6 Å². The van der Waals surface area contributed by atoms with Crippen LogP contribution in [0.3, 0.4) is 0 Å². The molecule has 2 aromatic rings. The molecule has 1 aromatic heterocycles. The fourth-order valence-electron chi connectivity index (χ4n) is 2.43. The predicted octanol–water partition coefficient (Wildman–Crippen LogP) is 2.50. The zero-order valence-corrected chi connectivity index (χ0v) is 13.6. The van der Waals surface area contributed by atoms with Gasteiger partial charge in [0.25, 0.3) is 0 Å². The summed E-state index contributed by atoms with van der Waals surface area (Å²) in [6.07, 6.45) is 2.29. The highest BCUT2D eigenvalue weighted by atomic mass is 32.2. The zero-order valence-electron chi connectivity index (χ0n) is 12.8. The van der Waals surface area contributed by atoms with Crippen LogP contribution in [0.1, 0.15) is 22.8 Å². The van der Waals surface area contributed by atoms with Crippen molar-refractivity contribution in [1.82, 2.24) is 4.57 Å². The van der Waals surface area contributed by atoms with Crippen LogP contribution in [-0.2, 0) is 4.79 Å². The minimum atomic E-state index is -1.88. The van der Waals surface area contributed by atoms with Crippen molar-refractivity contribution in [2.24, 2.45) is 0 Å². The Morgan fingerprint density at radius 3 is 2.40 bits per heavy atom. The Hall–Kier alpha value is -2.49. The molecule has 1 aromatic carbocycles. The topological polar surface area (TPSA) is 96.6 Å². The molecular formula is C15H12F3NO5S. The summed E-state index contributed by atoms with van der Waals surface area (Å²) in [5.41, 5.74) is -2.89. The number of hydrogen-bond acceptors (Lipinski definition) is 4. The third-order valence-electron chi connectivity index (χ3n) is 3.60. The van der Waals surface area contributed by atoms with Crippen LogP contribution in [0.4, 0.5) is 13.2 Å². The van der Waals surface area contributed by atoms with Gasteiger partial charge in [-0.2, -0.15) is 11.8 Å². The number of carboxylic acid groups (broad SMARTS) is 2. The second kappa shape index (κ2) is 7.18. The van der Waals surface area contributed by atoms with E-state index in [1.807, 2.05) is 0 Å². The second-order valence-corrected chi connectivity index (χ2v) is 6.09. The van der Waals surface area contributed by atoms with Gasteiger partial charge in [0.15, 0.2) is 17.5 Å². The Kier molecular flexibility index (Phi) is 5.41. The van der Waals surface area contributed by atoms with Gasteiger partial charge in [0.05, 0.1) is 10.9 Å². The summed E-state index contributed by atoms with van der Waals surface area (Å²) < 4.78 is 42.0. The van der Waals surface area contributed by atoms with Crippen molar-refractivity contribution in [3.63, 3.8) is 0 Å². The van der Waals surface area contributed by atoms with Gasteiger partial charge in [0.2, 0.25) is 5.43 Å². The lowest BCUT2D eigenvalue weighted by molar-refractivity contribution is -0.140. The lowest BCUT2D eigenvalue weighted by Gasteiger charge is -2.20. The van der Waals surface area contributed by atoms with Gasteiger partial charge in [0, 0.05) is 6.20 Å². The van der Waals surface area contributed by atoms with E-state index in [4.69, 9.17) is 5.11 Å². The first-order chi connectivity index (χ1) is 11.7. The van der Waals surface area contributed by atoms with Gasteiger partial charge in [-0.05, 0) is 24.5 Å². The highest BCUT2D eigenvalue weighted by molar-refractivity contribution is 7.98. The molecular weight excluding hydrogens is 363 g/mol. The quantitative estimate of drug-likeness (QED) is 0.753. The SMILES string of the molecule is CSCCC(C(=O)O)n1cc(C(=O)O)c(=O)c2cc(F)c(F)c(F)c21. The molecule has 1 atom stereocenters. The van der Waals surface area contributed by atoms with Crippen LogP contribution in [0, 0.1) is 17.5 Å². The molecule has 0 saturated carbocycles. The van der Waals surface area contributed by atoms with Crippen LogP contribution in [0.5, 0.6) is 0 Å². The molecule has 2 rings (SSSR count). The standard InChI is InChI=1S/C15H12F3NO5S/c1-25-3-2-9(15(23)24)19-5-7(14(21)22)13(20)6-4-8(16)10(17)11(18)12(6)19/h4-5,9H,2-3H2,1H3,(H,21,22)(H,23,24). The van der Waals surface area contributed by atoms with Crippen LogP contribution in [0.15, 0.2) is 17.1 Å². The van der Waals surface area contributed by atoms with E-state index in [-0.39, 0.29) is 6.42 Å². The Morgan fingerprint density at radius 2 is 1.88 bits per heavy atom. The molecule has 0 aliphatic rings. The summed E-state index contributed by atoms with van der Waals surface area (Å²) in [6.45, 7) is 0. The third-order valence-corrected chi connectivity index (χ3v) is 4.24. The highest BCUT2D eigenvalue weighted by Crippen LogP contribution is 2.26. The van der Waals surface area contributed by atoms with E-state index in [2.05, 4.69) is 0 Å². The summed E-state index contributed by atoms with van der Waals surface area (Å²) in [7, 11) is 0. The number of nitrogens with zero attached hydrogens (tertiary/aromatic N) is 1. The lowest BCUT2D eigenvalue weighted by Crippen LogP contribution is -2.26. The van der Waals surface area contributed by atoms with Gasteiger partial charge >= 0.3 is 11.9 Å². The molecule has 10 heteroatoms. The van der Waals surface area contributed by atoms with Crippen molar-refractivity contribution < 1.29 is 33.0 Å². The number of thioether (sulfide) groups is 1. The van der Waals surface area contributed by atoms with Crippen molar-refractivity contribution in [3.05, 3.63) is 45.5 Å². The van der Waals surface area contributed by atoms with E-state index in [0.717, 1.165) is 0 Å². The van der Waals surface area contributed by atoms with Crippen molar-refractivity contribution >= 4 is 34.6 Å². The molecule has 2 N–H and O–H groups in total. The fourth-order valence-corrected chi connectivity index (χ4v) is 2.89. The molecule has 0 radical (unpaired) electrons. The molecule has 1 unspecified atom stereocenters. The van der Waals surface area contributed by atoms with E-state index in [9.17, 15) is 32.7 Å². The maximum absolute atomic E-state index is 14.3. The molecule has 0 amide bonds. The first-order valence-electron chi connectivity index (χ1n) is 6.88. The molecule has 134 valence electrons. The monoisotopic (exact) mass is 375 g/mol. The van der Waals surface area contributed by atoms with E-state index in [1.54, 1.807) is 6.26 Å². The maximum atomic E-state index is 14.3. The summed E-state index contributed by atoms with van der Waals surface area (Å²) in [5, 5.41) is 17.7. The lowest BCUT2D eigenvalue weighted by atomic mass is 10.1. The number of carbonyl (C=O) groups is 2. The zero-order chi connectivity index (χ0) is 18.9. The molecule has 25 heavy (non-hydrogen) atoms. The Balaban J connectivity index is 2.96. The molecule has 0 aliphatic carbocycles. The maximum Gasteiger partial charge on any atom is 0.341 e. The van der Waals surface area contributed by atoms with E-state index in [1.165, 1.54) is 11.8 Å². The summed E-state index contributed by atoms with van der Waals surface area (Å²) in [6, 6.07) is -1.10. The average molecular weight is 375 g/mol. The smallest absolute Gasteiger partial charge is 0.341 e. The first kappa shape index (κ1) is 18.8. The molecule has 6 nitrogen and oxygen atoms in total. The number of aromatic nitrogens is 1. The summed E-state index contributed by atoms with van der Waals surface area (Å²) in [4.78, 5) is 34.9. The third kappa shape index (κ3) is 3.34. The Bertz CT molecular complexity index is 928. The summed E-state index contributed by atoms with van der Waals surface area (Å²) in [5.74, 6) is -8.11. The minimum Gasteiger partial charge on any atom is -0.480 e. The number of fused-ring (bicyclic) bond motifs is 1. The Morgan fingerprint density at radius 1 is 1.24 bits per heavy atom. The number of benzene rings is 1. The van der Waals surface area contributed by atoms with E-state index >= 15 is 0 Å². The fraction of sp³-hybridized carbons (Fsp3) is 0.267. The van der Waals surface area contributed by atoms with Crippen LogP contribution >= 0.6 is 11.8 Å². The van der Waals surface area contributed by atoms with Gasteiger partial charge in [-0.15, -0.1) is 0 Å². The largest absolute Gasteiger partial charge is 0.480 e. The minimum absolute atomic E-state index is 0.0496. The first-order valence-corrected chi connectivity index (χ1v) is 8.27. The molecule has 0 spiro atoms. The predicted molar refractivity (Wildman–Crippen MR) is 84.7 cm³/mol. The number of pyridine rings is 1. The van der Waals surface area contributed by atoms with Crippen LogP contribution in [0.25, 0.3) is 10.9 Å². The number of hydrogen-bond donors (Lipinski definition) is 2. The van der Waals surface area contributed by atoms with E-state index in [0.29, 0.717) is 22.6 Å².